The molecule has 1 fully saturated rings. The van der Waals surface area contributed by atoms with E-state index in [0.717, 1.165) is 32.5 Å². The molecule has 0 aliphatic carbocycles. The van der Waals surface area contributed by atoms with Gasteiger partial charge in [-0.25, -0.2) is 0 Å². The van der Waals surface area contributed by atoms with Gasteiger partial charge in [0.2, 0.25) is 0 Å². The smallest absolute Gasteiger partial charge is 0.129 e. The van der Waals surface area contributed by atoms with Gasteiger partial charge in [-0.15, -0.1) is 0 Å². The van der Waals surface area contributed by atoms with Crippen LogP contribution in [-0.2, 0) is 4.74 Å². The van der Waals surface area contributed by atoms with Crippen LogP contribution in [0.25, 0.3) is 0 Å². The molecule has 1 aromatic carbocycles. The Balaban J connectivity index is 1.62. The van der Waals surface area contributed by atoms with Crippen molar-refractivity contribution in [2.45, 2.75) is 51.3 Å². The van der Waals surface area contributed by atoms with Gasteiger partial charge in [-0.3, -0.25) is 4.90 Å². The maximum Gasteiger partial charge on any atom is 0.129 e. The fourth-order valence-corrected chi connectivity index (χ4v) is 2.98. The third-order valence-electron chi connectivity index (χ3n) is 4.21. The molecule has 2 atom stereocenters. The van der Waals surface area contributed by atoms with E-state index >= 15 is 0 Å². The van der Waals surface area contributed by atoms with Crippen LogP contribution in [0.3, 0.4) is 0 Å². The summed E-state index contributed by atoms with van der Waals surface area (Å²) in [7, 11) is 0. The van der Waals surface area contributed by atoms with E-state index in [9.17, 15) is 0 Å². The van der Waals surface area contributed by atoms with Gasteiger partial charge in [0.05, 0.1) is 0 Å². The van der Waals surface area contributed by atoms with Crippen molar-refractivity contribution in [1.82, 2.24) is 4.90 Å². The minimum absolute atomic E-state index is 0.0951. The molecule has 0 saturated carbocycles. The third-order valence-corrected chi connectivity index (χ3v) is 4.21. The van der Waals surface area contributed by atoms with E-state index < -0.39 is 0 Å². The fourth-order valence-electron chi connectivity index (χ4n) is 2.98. The highest BCUT2D eigenvalue weighted by atomic mass is 16.5. The topological polar surface area (TPSA) is 24.5 Å². The van der Waals surface area contributed by atoms with Gasteiger partial charge >= 0.3 is 0 Å². The van der Waals surface area contributed by atoms with Crippen molar-refractivity contribution in [3.63, 3.8) is 0 Å². The summed E-state index contributed by atoms with van der Waals surface area (Å²) in [4.78, 5) is 2.40. The van der Waals surface area contributed by atoms with Gasteiger partial charge in [0.1, 0.15) is 6.23 Å². The number of hydrogen-bond acceptors (Lipinski definition) is 3. The lowest BCUT2D eigenvalue weighted by atomic mass is 10.1. The Morgan fingerprint density at radius 1 is 1.23 bits per heavy atom. The molecular weight excluding hydrogens is 272 g/mol. The van der Waals surface area contributed by atoms with Gasteiger partial charge in [-0.1, -0.05) is 31.2 Å². The van der Waals surface area contributed by atoms with E-state index in [-0.39, 0.29) is 6.23 Å². The van der Waals surface area contributed by atoms with Crippen LogP contribution in [0, 0.1) is 0 Å². The molecular formula is C19H30N2O. The molecule has 1 aliphatic heterocycles. The molecule has 0 aromatic heterocycles. The summed E-state index contributed by atoms with van der Waals surface area (Å²) >= 11 is 0. The van der Waals surface area contributed by atoms with E-state index in [4.69, 9.17) is 4.74 Å². The maximum atomic E-state index is 6.01. The second kappa shape index (κ2) is 9.65. The maximum absolute atomic E-state index is 6.01. The zero-order valence-electron chi connectivity index (χ0n) is 13.8. The van der Waals surface area contributed by atoms with Gasteiger partial charge < -0.3 is 10.1 Å². The summed E-state index contributed by atoms with van der Waals surface area (Å²) in [6.07, 6.45) is 8.13. The summed E-state index contributed by atoms with van der Waals surface area (Å²) in [6.45, 7) is 9.23. The second-order valence-corrected chi connectivity index (χ2v) is 6.15. The first-order valence-electron chi connectivity index (χ1n) is 8.59. The van der Waals surface area contributed by atoms with Crippen LogP contribution in [0.4, 0.5) is 5.69 Å². The Morgan fingerprint density at radius 3 is 2.64 bits per heavy atom. The number of ether oxygens (including phenoxy) is 1. The zero-order valence-corrected chi connectivity index (χ0v) is 13.8. The minimum Gasteiger partial charge on any atom is -0.383 e. The van der Waals surface area contributed by atoms with E-state index in [1.54, 1.807) is 0 Å². The Hall–Kier alpha value is -1.32. The number of nitrogens with one attached hydrogen (secondary N) is 1. The van der Waals surface area contributed by atoms with Crippen molar-refractivity contribution in [2.75, 3.05) is 25.0 Å². The molecule has 3 heteroatoms. The molecule has 1 aliphatic rings. The summed E-state index contributed by atoms with van der Waals surface area (Å²) in [5, 5.41) is 3.52. The first-order valence-corrected chi connectivity index (χ1v) is 8.59. The van der Waals surface area contributed by atoms with E-state index in [1.165, 1.54) is 24.9 Å². The van der Waals surface area contributed by atoms with Crippen molar-refractivity contribution < 1.29 is 4.74 Å². The van der Waals surface area contributed by atoms with Crippen LogP contribution in [0.5, 0.6) is 0 Å². The molecule has 122 valence electrons. The molecule has 1 heterocycles. The first kappa shape index (κ1) is 17.0. The molecule has 0 amide bonds. The quantitative estimate of drug-likeness (QED) is 0.544. The normalized spacial score (nSPS) is 18.6. The Bertz CT molecular complexity index is 415. The Labute approximate surface area is 135 Å². The monoisotopic (exact) mass is 302 g/mol. The van der Waals surface area contributed by atoms with Crippen molar-refractivity contribution >= 4 is 5.69 Å². The molecule has 1 N–H and O–H groups in total. The van der Waals surface area contributed by atoms with Crippen LogP contribution in [0.15, 0.2) is 43.0 Å². The largest absolute Gasteiger partial charge is 0.383 e. The molecule has 0 bridgehead atoms. The van der Waals surface area contributed by atoms with Gasteiger partial charge in [0, 0.05) is 31.4 Å². The number of hydrogen-bond donors (Lipinski definition) is 1. The number of piperidine rings is 1. The summed E-state index contributed by atoms with van der Waals surface area (Å²) in [5.74, 6) is 0. The highest BCUT2D eigenvalue weighted by molar-refractivity contribution is 5.43. The van der Waals surface area contributed by atoms with Crippen LogP contribution < -0.4 is 5.32 Å². The standard InChI is InChI=1S/C19H30N2O/c1-3-19(21-14-8-5-9-15-21)22-16-10-11-17(2)20-18-12-6-4-7-13-18/h3-4,6-7,12-13,17,19-20H,1,5,8-11,14-16H2,2H3. The number of benzene rings is 1. The van der Waals surface area contributed by atoms with E-state index in [2.05, 4.69) is 48.0 Å². The summed E-state index contributed by atoms with van der Waals surface area (Å²) in [6, 6.07) is 10.8. The summed E-state index contributed by atoms with van der Waals surface area (Å²) < 4.78 is 6.01. The van der Waals surface area contributed by atoms with Crippen LogP contribution >= 0.6 is 0 Å². The highest BCUT2D eigenvalue weighted by Gasteiger charge is 2.18. The minimum atomic E-state index is 0.0951. The molecule has 0 spiro atoms. The van der Waals surface area contributed by atoms with Gasteiger partial charge in [0.25, 0.3) is 0 Å². The number of rotatable bonds is 9. The molecule has 1 aromatic rings. The predicted octanol–water partition coefficient (Wildman–Crippen LogP) is 4.28. The van der Waals surface area contributed by atoms with Gasteiger partial charge in [0.15, 0.2) is 0 Å². The Kier molecular flexibility index (Phi) is 7.47. The lowest BCUT2D eigenvalue weighted by molar-refractivity contribution is -0.0370. The van der Waals surface area contributed by atoms with Gasteiger partial charge in [-0.2, -0.15) is 0 Å². The molecule has 3 nitrogen and oxygen atoms in total. The van der Waals surface area contributed by atoms with E-state index in [1.807, 2.05) is 12.1 Å². The number of anilines is 1. The molecule has 22 heavy (non-hydrogen) atoms. The average Bonchev–Trinajstić information content (AvgIpc) is 2.56. The van der Waals surface area contributed by atoms with Crippen LogP contribution in [-0.4, -0.2) is 36.9 Å². The summed E-state index contributed by atoms with van der Waals surface area (Å²) in [5.41, 5.74) is 1.19. The lowest BCUT2D eigenvalue weighted by Gasteiger charge is -2.32. The van der Waals surface area contributed by atoms with E-state index in [0.29, 0.717) is 6.04 Å². The molecule has 2 unspecified atom stereocenters. The van der Waals surface area contributed by atoms with Crippen molar-refractivity contribution in [1.29, 1.82) is 0 Å². The predicted molar refractivity (Wildman–Crippen MR) is 94.1 cm³/mol. The molecule has 2 rings (SSSR count). The first-order chi connectivity index (χ1) is 10.8. The SMILES string of the molecule is C=CC(OCCCC(C)Nc1ccccc1)N1CCCCC1. The average molecular weight is 302 g/mol. The van der Waals surface area contributed by atoms with Crippen LogP contribution in [0.2, 0.25) is 0 Å². The second-order valence-electron chi connectivity index (χ2n) is 6.15. The highest BCUT2D eigenvalue weighted by Crippen LogP contribution is 2.15. The van der Waals surface area contributed by atoms with Crippen molar-refractivity contribution in [3.05, 3.63) is 43.0 Å². The zero-order chi connectivity index (χ0) is 15.6. The Morgan fingerprint density at radius 2 is 1.95 bits per heavy atom. The van der Waals surface area contributed by atoms with Crippen LogP contribution in [0.1, 0.15) is 39.0 Å². The molecule has 1 saturated heterocycles. The molecule has 0 radical (unpaired) electrons. The third kappa shape index (κ3) is 5.82. The van der Waals surface area contributed by atoms with Crippen molar-refractivity contribution in [3.8, 4) is 0 Å². The number of likely N-dealkylation sites (tertiary alicyclic amines) is 1. The fraction of sp³-hybridized carbons (Fsp3) is 0.579. The van der Waals surface area contributed by atoms with Crippen molar-refractivity contribution in [2.24, 2.45) is 0 Å². The number of nitrogens with zero attached hydrogens (tertiary/aromatic N) is 1. The number of para-hydroxylation sites is 1. The lowest BCUT2D eigenvalue weighted by Crippen LogP contribution is -2.39. The van der Waals surface area contributed by atoms with Gasteiger partial charge in [-0.05, 0) is 50.8 Å².